The second kappa shape index (κ2) is 2.83. The molecule has 2 rings (SSSR count). The molecule has 1 aliphatic heterocycles. The van der Waals surface area contributed by atoms with Gasteiger partial charge in [-0.15, -0.1) is 0 Å². The molecule has 3 nitrogen and oxygen atoms in total. The fraction of sp³-hybridized carbons (Fsp3) is 0.875. The minimum absolute atomic E-state index is 0.244. The molecule has 0 spiro atoms. The van der Waals surface area contributed by atoms with E-state index in [-0.39, 0.29) is 16.9 Å². The molecule has 1 aliphatic carbocycles. The summed E-state index contributed by atoms with van der Waals surface area (Å²) in [5, 5.41) is 2.87. The van der Waals surface area contributed by atoms with Crippen molar-refractivity contribution >= 4 is 17.9 Å². The normalized spacial score (nSPS) is 32.1. The zero-order valence-corrected chi connectivity index (χ0v) is 7.95. The topological polar surface area (TPSA) is 38.3 Å². The first-order valence-electron chi connectivity index (χ1n) is 4.25. The molecule has 0 bridgehead atoms. The first-order chi connectivity index (χ1) is 5.77. The van der Waals surface area contributed by atoms with Gasteiger partial charge in [0, 0.05) is 4.75 Å². The molecule has 1 atom stereocenters. The lowest BCUT2D eigenvalue weighted by Gasteiger charge is -2.43. The highest BCUT2D eigenvalue weighted by Crippen LogP contribution is 2.46. The molecule has 0 aromatic rings. The van der Waals surface area contributed by atoms with Crippen LogP contribution in [-0.4, -0.2) is 29.7 Å². The summed E-state index contributed by atoms with van der Waals surface area (Å²) < 4.78 is 5.17. The number of carbonyl (C=O) groups excluding carboxylic acids is 1. The molecule has 2 aliphatic rings. The maximum atomic E-state index is 10.8. The number of cyclic esters (lactones) is 1. The van der Waals surface area contributed by atoms with Gasteiger partial charge >= 0.3 is 6.09 Å². The van der Waals surface area contributed by atoms with Gasteiger partial charge in [0.05, 0.1) is 6.04 Å². The summed E-state index contributed by atoms with van der Waals surface area (Å²) in [5.41, 5.74) is 0. The summed E-state index contributed by atoms with van der Waals surface area (Å²) in [6.07, 6.45) is 5.57. The first-order valence-corrected chi connectivity index (χ1v) is 5.48. The Balaban J connectivity index is 2.02. The van der Waals surface area contributed by atoms with E-state index in [2.05, 4.69) is 11.6 Å². The minimum Gasteiger partial charge on any atom is -0.447 e. The fourth-order valence-electron chi connectivity index (χ4n) is 1.89. The van der Waals surface area contributed by atoms with Gasteiger partial charge in [-0.3, -0.25) is 0 Å². The van der Waals surface area contributed by atoms with Gasteiger partial charge in [0.15, 0.2) is 0 Å². The molecule has 1 unspecified atom stereocenters. The smallest absolute Gasteiger partial charge is 0.407 e. The molecule has 0 aromatic heterocycles. The van der Waals surface area contributed by atoms with Crippen LogP contribution < -0.4 is 5.32 Å². The monoisotopic (exact) mass is 187 g/mol. The highest BCUT2D eigenvalue weighted by Gasteiger charge is 2.47. The van der Waals surface area contributed by atoms with E-state index in [1.807, 2.05) is 11.8 Å². The fourth-order valence-corrected chi connectivity index (χ4v) is 3.00. The van der Waals surface area contributed by atoms with Crippen molar-refractivity contribution in [1.82, 2.24) is 5.32 Å². The van der Waals surface area contributed by atoms with Gasteiger partial charge in [-0.05, 0) is 19.1 Å². The number of hydrogen-bond donors (Lipinski definition) is 1. The van der Waals surface area contributed by atoms with Gasteiger partial charge in [0.25, 0.3) is 0 Å². The van der Waals surface area contributed by atoms with Crippen molar-refractivity contribution in [3.63, 3.8) is 0 Å². The van der Waals surface area contributed by atoms with E-state index in [1.54, 1.807) is 0 Å². The van der Waals surface area contributed by atoms with Crippen LogP contribution in [0.3, 0.4) is 0 Å². The van der Waals surface area contributed by atoms with Gasteiger partial charge in [0.1, 0.15) is 6.61 Å². The Bertz CT molecular complexity index is 198. The number of alkyl carbamates (subject to hydrolysis) is 1. The Hall–Kier alpha value is -0.380. The SMILES string of the molecule is CSC1(C2COC(=O)N2)CCC1. The number of nitrogens with one attached hydrogen (secondary N) is 1. The third-order valence-corrected chi connectivity index (χ3v) is 4.42. The zero-order chi connectivity index (χ0) is 8.60. The summed E-state index contributed by atoms with van der Waals surface area (Å²) in [6.45, 7) is 0.555. The number of amides is 1. The number of ether oxygens (including phenoxy) is 1. The van der Waals surface area contributed by atoms with E-state index in [4.69, 9.17) is 4.74 Å². The molecule has 1 saturated heterocycles. The maximum absolute atomic E-state index is 10.8. The molecule has 1 saturated carbocycles. The maximum Gasteiger partial charge on any atom is 0.407 e. The Morgan fingerprint density at radius 3 is 2.75 bits per heavy atom. The van der Waals surface area contributed by atoms with Crippen molar-refractivity contribution < 1.29 is 9.53 Å². The Kier molecular flexibility index (Phi) is 1.94. The van der Waals surface area contributed by atoms with Crippen LogP contribution in [0, 0.1) is 0 Å². The average molecular weight is 187 g/mol. The Morgan fingerprint density at radius 2 is 2.42 bits per heavy atom. The van der Waals surface area contributed by atoms with E-state index in [1.165, 1.54) is 19.3 Å². The summed E-state index contributed by atoms with van der Waals surface area (Å²) in [6, 6.07) is 0.244. The van der Waals surface area contributed by atoms with Crippen LogP contribution in [0.5, 0.6) is 0 Å². The van der Waals surface area contributed by atoms with Crippen molar-refractivity contribution in [2.24, 2.45) is 0 Å². The Labute approximate surface area is 76.2 Å². The van der Waals surface area contributed by atoms with Crippen LogP contribution in [0.15, 0.2) is 0 Å². The quantitative estimate of drug-likeness (QED) is 0.709. The number of rotatable bonds is 2. The van der Waals surface area contributed by atoms with E-state index in [9.17, 15) is 4.79 Å². The van der Waals surface area contributed by atoms with Crippen molar-refractivity contribution in [3.05, 3.63) is 0 Å². The molecule has 68 valence electrons. The predicted molar refractivity (Wildman–Crippen MR) is 48.4 cm³/mol. The zero-order valence-electron chi connectivity index (χ0n) is 7.13. The summed E-state index contributed by atoms with van der Waals surface area (Å²) in [7, 11) is 0. The molecular formula is C8H13NO2S. The Morgan fingerprint density at radius 1 is 1.67 bits per heavy atom. The van der Waals surface area contributed by atoms with E-state index < -0.39 is 0 Å². The predicted octanol–water partition coefficient (Wildman–Crippen LogP) is 1.38. The van der Waals surface area contributed by atoms with Crippen molar-refractivity contribution in [2.75, 3.05) is 12.9 Å². The van der Waals surface area contributed by atoms with Gasteiger partial charge in [-0.1, -0.05) is 6.42 Å². The second-order valence-electron chi connectivity index (χ2n) is 3.42. The minimum atomic E-state index is -0.250. The standard InChI is InChI=1S/C8H13NO2S/c1-12-8(3-2-4-8)6-5-11-7(10)9-6/h6H,2-5H2,1H3,(H,9,10). The number of carbonyl (C=O) groups is 1. The van der Waals surface area contributed by atoms with Gasteiger partial charge in [0.2, 0.25) is 0 Å². The average Bonchev–Trinajstić information content (AvgIpc) is 2.35. The van der Waals surface area contributed by atoms with Crippen molar-refractivity contribution in [1.29, 1.82) is 0 Å². The van der Waals surface area contributed by atoms with Crippen LogP contribution in [0.4, 0.5) is 4.79 Å². The largest absolute Gasteiger partial charge is 0.447 e. The molecule has 1 N–H and O–H groups in total. The lowest BCUT2D eigenvalue weighted by molar-refractivity contribution is 0.173. The van der Waals surface area contributed by atoms with Crippen LogP contribution in [-0.2, 0) is 4.74 Å². The molecule has 2 fully saturated rings. The van der Waals surface area contributed by atoms with Crippen molar-refractivity contribution in [3.8, 4) is 0 Å². The van der Waals surface area contributed by atoms with Crippen molar-refractivity contribution in [2.45, 2.75) is 30.1 Å². The van der Waals surface area contributed by atoms with E-state index in [0.717, 1.165) is 0 Å². The highest BCUT2D eigenvalue weighted by atomic mass is 32.2. The third-order valence-electron chi connectivity index (χ3n) is 2.91. The first kappa shape index (κ1) is 8.23. The summed E-state index contributed by atoms with van der Waals surface area (Å²) in [5.74, 6) is 0. The van der Waals surface area contributed by atoms with Crippen LogP contribution in [0.25, 0.3) is 0 Å². The summed E-state index contributed by atoms with van der Waals surface area (Å²) in [4.78, 5) is 10.8. The van der Waals surface area contributed by atoms with E-state index >= 15 is 0 Å². The third kappa shape index (κ3) is 1.09. The lowest BCUT2D eigenvalue weighted by Crippen LogP contribution is -2.51. The lowest BCUT2D eigenvalue weighted by atomic mass is 9.79. The molecular weight excluding hydrogens is 174 g/mol. The number of thioether (sulfide) groups is 1. The second-order valence-corrected chi connectivity index (χ2v) is 4.64. The highest BCUT2D eigenvalue weighted by molar-refractivity contribution is 8.00. The van der Waals surface area contributed by atoms with Crippen LogP contribution in [0.2, 0.25) is 0 Å². The molecule has 0 aromatic carbocycles. The molecule has 1 heterocycles. The van der Waals surface area contributed by atoms with E-state index in [0.29, 0.717) is 6.61 Å². The van der Waals surface area contributed by atoms with Crippen LogP contribution in [0.1, 0.15) is 19.3 Å². The van der Waals surface area contributed by atoms with Crippen LogP contribution >= 0.6 is 11.8 Å². The van der Waals surface area contributed by atoms with Gasteiger partial charge in [-0.25, -0.2) is 4.79 Å². The summed E-state index contributed by atoms with van der Waals surface area (Å²) >= 11 is 1.86. The van der Waals surface area contributed by atoms with Gasteiger partial charge in [-0.2, -0.15) is 11.8 Å². The number of hydrogen-bond acceptors (Lipinski definition) is 3. The van der Waals surface area contributed by atoms with Gasteiger partial charge < -0.3 is 10.1 Å². The molecule has 12 heavy (non-hydrogen) atoms. The molecule has 1 amide bonds. The molecule has 4 heteroatoms. The molecule has 0 radical (unpaired) electrons.